The van der Waals surface area contributed by atoms with Crippen molar-refractivity contribution < 1.29 is 9.90 Å². The van der Waals surface area contributed by atoms with Crippen LogP contribution in [0.25, 0.3) is 21.6 Å². The second kappa shape index (κ2) is 4.63. The number of nitrogens with zero attached hydrogens (tertiary/aromatic N) is 2. The Balaban J connectivity index is 1.79. The molecule has 3 aromatic rings. The minimum atomic E-state index is -0.780. The number of fused-ring (bicyclic) bond motifs is 2. The van der Waals surface area contributed by atoms with Crippen LogP contribution in [0.3, 0.4) is 0 Å². The molecular formula is C16H12N2O2S. The van der Waals surface area contributed by atoms with Gasteiger partial charge in [0.15, 0.2) is 0 Å². The number of carboxylic acids is 1. The molecule has 0 saturated carbocycles. The zero-order valence-electron chi connectivity index (χ0n) is 11.1. The Kier molecular flexibility index (Phi) is 2.75. The van der Waals surface area contributed by atoms with Crippen molar-refractivity contribution in [1.29, 1.82) is 0 Å². The zero-order valence-corrected chi connectivity index (χ0v) is 11.9. The molecule has 4 rings (SSSR count). The quantitative estimate of drug-likeness (QED) is 0.786. The van der Waals surface area contributed by atoms with Gasteiger partial charge >= 0.3 is 5.97 Å². The SMILES string of the molecule is O=C(O)C1CCc2sc(-c3ccc4ccccc4n3)nc21. The Labute approximate surface area is 125 Å². The second-order valence-corrected chi connectivity index (χ2v) is 6.23. The summed E-state index contributed by atoms with van der Waals surface area (Å²) in [6, 6.07) is 11.9. The number of carbonyl (C=O) groups is 1. The van der Waals surface area contributed by atoms with Gasteiger partial charge in [-0.15, -0.1) is 11.3 Å². The molecule has 2 aromatic heterocycles. The third-order valence-corrected chi connectivity index (χ3v) is 4.99. The highest BCUT2D eigenvalue weighted by Gasteiger charge is 2.32. The van der Waals surface area contributed by atoms with E-state index in [1.807, 2.05) is 36.4 Å². The standard InChI is InChI=1S/C16H12N2O2S/c19-16(20)10-6-8-13-14(10)18-15(21-13)12-7-5-9-3-1-2-4-11(9)17-12/h1-5,7,10H,6,8H2,(H,19,20). The molecule has 0 fully saturated rings. The summed E-state index contributed by atoms with van der Waals surface area (Å²) < 4.78 is 0. The number of benzene rings is 1. The van der Waals surface area contributed by atoms with Gasteiger partial charge in [-0.05, 0) is 25.0 Å². The molecule has 5 heteroatoms. The number of hydrogen-bond donors (Lipinski definition) is 1. The van der Waals surface area contributed by atoms with E-state index in [4.69, 9.17) is 0 Å². The van der Waals surface area contributed by atoms with E-state index in [0.717, 1.165) is 38.6 Å². The number of para-hydroxylation sites is 1. The van der Waals surface area contributed by atoms with Gasteiger partial charge in [0, 0.05) is 10.3 Å². The first-order valence-corrected chi connectivity index (χ1v) is 7.62. The van der Waals surface area contributed by atoms with E-state index < -0.39 is 11.9 Å². The van der Waals surface area contributed by atoms with Crippen LogP contribution in [-0.2, 0) is 11.2 Å². The van der Waals surface area contributed by atoms with Crippen molar-refractivity contribution in [2.75, 3.05) is 0 Å². The van der Waals surface area contributed by atoms with E-state index in [-0.39, 0.29) is 0 Å². The molecule has 1 atom stereocenters. The number of aryl methyl sites for hydroxylation is 1. The zero-order chi connectivity index (χ0) is 14.4. The summed E-state index contributed by atoms with van der Waals surface area (Å²) >= 11 is 1.57. The van der Waals surface area contributed by atoms with Crippen molar-refractivity contribution in [1.82, 2.24) is 9.97 Å². The predicted molar refractivity (Wildman–Crippen MR) is 81.5 cm³/mol. The Morgan fingerprint density at radius 2 is 2.05 bits per heavy atom. The molecule has 1 aliphatic rings. The highest BCUT2D eigenvalue weighted by Crippen LogP contribution is 2.39. The largest absolute Gasteiger partial charge is 0.481 e. The van der Waals surface area contributed by atoms with Crippen LogP contribution in [-0.4, -0.2) is 21.0 Å². The molecule has 0 bridgehead atoms. The van der Waals surface area contributed by atoms with E-state index >= 15 is 0 Å². The summed E-state index contributed by atoms with van der Waals surface area (Å²) in [7, 11) is 0. The summed E-state index contributed by atoms with van der Waals surface area (Å²) in [4.78, 5) is 21.5. The number of aliphatic carboxylic acids is 1. The van der Waals surface area contributed by atoms with Crippen molar-refractivity contribution in [2.45, 2.75) is 18.8 Å². The minimum Gasteiger partial charge on any atom is -0.481 e. The lowest BCUT2D eigenvalue weighted by Crippen LogP contribution is -2.08. The van der Waals surface area contributed by atoms with Crippen LogP contribution < -0.4 is 0 Å². The minimum absolute atomic E-state index is 0.453. The fourth-order valence-corrected chi connectivity index (χ4v) is 3.87. The molecule has 0 spiro atoms. The Bertz CT molecular complexity index is 856. The molecule has 0 radical (unpaired) electrons. The Morgan fingerprint density at radius 1 is 1.19 bits per heavy atom. The number of rotatable bonds is 2. The van der Waals surface area contributed by atoms with Crippen LogP contribution in [0.15, 0.2) is 36.4 Å². The van der Waals surface area contributed by atoms with Gasteiger partial charge in [0.2, 0.25) is 0 Å². The summed E-state index contributed by atoms with van der Waals surface area (Å²) in [6.07, 6.45) is 1.46. The van der Waals surface area contributed by atoms with Gasteiger partial charge in [-0.3, -0.25) is 4.79 Å². The number of carboxylic acid groups (broad SMARTS) is 1. The topological polar surface area (TPSA) is 63.1 Å². The first-order valence-electron chi connectivity index (χ1n) is 6.81. The van der Waals surface area contributed by atoms with Crippen LogP contribution in [0.5, 0.6) is 0 Å². The third-order valence-electron chi connectivity index (χ3n) is 3.83. The van der Waals surface area contributed by atoms with Crippen LogP contribution in [0, 0.1) is 0 Å². The van der Waals surface area contributed by atoms with Crippen LogP contribution >= 0.6 is 11.3 Å². The highest BCUT2D eigenvalue weighted by atomic mass is 32.1. The van der Waals surface area contributed by atoms with E-state index in [0.29, 0.717) is 6.42 Å². The lowest BCUT2D eigenvalue weighted by Gasteiger charge is -2.02. The van der Waals surface area contributed by atoms with Crippen LogP contribution in [0.1, 0.15) is 22.9 Å². The fraction of sp³-hybridized carbons (Fsp3) is 0.188. The Morgan fingerprint density at radius 3 is 2.90 bits per heavy atom. The van der Waals surface area contributed by atoms with Gasteiger partial charge in [-0.1, -0.05) is 24.3 Å². The molecule has 104 valence electrons. The smallest absolute Gasteiger partial charge is 0.312 e. The summed E-state index contributed by atoms with van der Waals surface area (Å²) in [5, 5.41) is 11.1. The number of thiazole rings is 1. The van der Waals surface area contributed by atoms with Gasteiger partial charge < -0.3 is 5.11 Å². The lowest BCUT2D eigenvalue weighted by molar-refractivity contribution is -0.138. The highest BCUT2D eigenvalue weighted by molar-refractivity contribution is 7.15. The maximum absolute atomic E-state index is 11.2. The summed E-state index contributed by atoms with van der Waals surface area (Å²) in [6.45, 7) is 0. The first kappa shape index (κ1) is 12.5. The summed E-state index contributed by atoms with van der Waals surface area (Å²) in [5.41, 5.74) is 2.48. The van der Waals surface area contributed by atoms with Crippen LogP contribution in [0.4, 0.5) is 0 Å². The van der Waals surface area contributed by atoms with Crippen molar-refractivity contribution in [3.8, 4) is 10.7 Å². The fourth-order valence-electron chi connectivity index (χ4n) is 2.76. The maximum atomic E-state index is 11.2. The first-order chi connectivity index (χ1) is 10.2. The molecule has 0 amide bonds. The van der Waals surface area contributed by atoms with Crippen molar-refractivity contribution in [2.24, 2.45) is 0 Å². The summed E-state index contributed by atoms with van der Waals surface area (Å²) in [5.74, 6) is -1.23. The Hall–Kier alpha value is -2.27. The molecule has 0 aliphatic heterocycles. The molecule has 1 N–H and O–H groups in total. The van der Waals surface area contributed by atoms with Gasteiger partial charge in [-0.25, -0.2) is 9.97 Å². The molecule has 21 heavy (non-hydrogen) atoms. The van der Waals surface area contributed by atoms with E-state index in [1.54, 1.807) is 11.3 Å². The van der Waals surface area contributed by atoms with Gasteiger partial charge in [0.1, 0.15) is 10.9 Å². The average Bonchev–Trinajstić information content (AvgIpc) is 3.06. The monoisotopic (exact) mass is 296 g/mol. The van der Waals surface area contributed by atoms with Crippen LogP contribution in [0.2, 0.25) is 0 Å². The molecule has 0 saturated heterocycles. The maximum Gasteiger partial charge on any atom is 0.312 e. The number of pyridine rings is 1. The molecule has 1 aliphatic carbocycles. The van der Waals surface area contributed by atoms with Gasteiger partial charge in [0.25, 0.3) is 0 Å². The molecule has 1 aromatic carbocycles. The van der Waals surface area contributed by atoms with Gasteiger partial charge in [0.05, 0.1) is 16.9 Å². The van der Waals surface area contributed by atoms with E-state index in [2.05, 4.69) is 9.97 Å². The van der Waals surface area contributed by atoms with Crippen molar-refractivity contribution in [3.05, 3.63) is 47.0 Å². The predicted octanol–water partition coefficient (Wildman–Crippen LogP) is 3.47. The number of aromatic nitrogens is 2. The lowest BCUT2D eigenvalue weighted by atomic mass is 10.1. The molecule has 4 nitrogen and oxygen atoms in total. The average molecular weight is 296 g/mol. The molecular weight excluding hydrogens is 284 g/mol. The molecule has 2 heterocycles. The molecule has 1 unspecified atom stereocenters. The third kappa shape index (κ3) is 2.01. The van der Waals surface area contributed by atoms with E-state index in [9.17, 15) is 9.90 Å². The normalized spacial score (nSPS) is 17.0. The second-order valence-electron chi connectivity index (χ2n) is 5.15. The van der Waals surface area contributed by atoms with Gasteiger partial charge in [-0.2, -0.15) is 0 Å². The van der Waals surface area contributed by atoms with Crippen molar-refractivity contribution in [3.63, 3.8) is 0 Å². The van der Waals surface area contributed by atoms with E-state index in [1.165, 1.54) is 0 Å². The van der Waals surface area contributed by atoms with Crippen molar-refractivity contribution >= 4 is 28.2 Å². The number of hydrogen-bond acceptors (Lipinski definition) is 4.